The van der Waals surface area contributed by atoms with Gasteiger partial charge in [-0.1, -0.05) is 106 Å². The van der Waals surface area contributed by atoms with Crippen LogP contribution in [0.3, 0.4) is 0 Å². The number of phenols is 1. The average Bonchev–Trinajstić information content (AvgIpc) is 3.01. The Balaban J connectivity index is 1.62. The van der Waals surface area contributed by atoms with E-state index in [0.29, 0.717) is 5.56 Å². The zero-order chi connectivity index (χ0) is 39.4. The van der Waals surface area contributed by atoms with Gasteiger partial charge >= 0.3 is 0 Å². The van der Waals surface area contributed by atoms with Crippen molar-refractivity contribution in [3.63, 3.8) is 0 Å². The lowest BCUT2D eigenvalue weighted by Gasteiger charge is -2.63. The van der Waals surface area contributed by atoms with Gasteiger partial charge in [0.05, 0.1) is 17.2 Å². The molecule has 0 heterocycles. The molecule has 5 N–H and O–H groups in total. The molecule has 2 aromatic rings. The Bertz CT molecular complexity index is 1950. The molecule has 0 saturated heterocycles. The molecule has 3 aliphatic carbocycles. The Hall–Kier alpha value is -4.08. The third-order valence-corrected chi connectivity index (χ3v) is 12.4. The van der Waals surface area contributed by atoms with Crippen LogP contribution in [0.4, 0.5) is 0 Å². The largest absolute Gasteiger partial charge is 0.511 e. The molecular weight excluding hydrogens is 660 g/mol. The van der Waals surface area contributed by atoms with Crippen LogP contribution in [-0.4, -0.2) is 60.4 Å². The lowest BCUT2D eigenvalue weighted by Crippen LogP contribution is -2.73. The number of aromatic hydroxyl groups is 1. The van der Waals surface area contributed by atoms with Crippen molar-refractivity contribution in [3.05, 3.63) is 86.4 Å². The van der Waals surface area contributed by atoms with E-state index >= 15 is 0 Å². The molecule has 280 valence electrons. The number of aliphatic hydroxyl groups is 4. The van der Waals surface area contributed by atoms with Crippen LogP contribution in [0, 0.1) is 22.7 Å². The maximum absolute atomic E-state index is 14.6. The second-order valence-corrected chi connectivity index (χ2v) is 18.2. The van der Waals surface area contributed by atoms with Gasteiger partial charge in [-0.3, -0.25) is 19.2 Å². The van der Waals surface area contributed by atoms with Crippen molar-refractivity contribution < 1.29 is 44.7 Å². The van der Waals surface area contributed by atoms with Crippen LogP contribution >= 0.6 is 0 Å². The van der Waals surface area contributed by atoms with Gasteiger partial charge in [0.25, 0.3) is 0 Å². The molecule has 9 nitrogen and oxygen atoms in total. The fourth-order valence-electron chi connectivity index (χ4n) is 9.29. The number of allylic oxidation sites excluding steroid dienone is 1. The fourth-order valence-corrected chi connectivity index (χ4v) is 9.29. The summed E-state index contributed by atoms with van der Waals surface area (Å²) in [5.41, 5.74) is -4.67. The minimum absolute atomic E-state index is 0.0909. The summed E-state index contributed by atoms with van der Waals surface area (Å²) in [4.78, 5) is 54.9. The van der Waals surface area contributed by atoms with Crippen LogP contribution in [0.1, 0.15) is 127 Å². The number of aliphatic hydroxyl groups excluding tert-OH is 3. The van der Waals surface area contributed by atoms with Crippen LogP contribution in [0.2, 0.25) is 0 Å². The molecule has 52 heavy (non-hydrogen) atoms. The third-order valence-electron chi connectivity index (χ3n) is 12.4. The fraction of sp³-hybridized carbons (Fsp3) is 0.535. The van der Waals surface area contributed by atoms with E-state index in [1.54, 1.807) is 39.8 Å². The number of benzene rings is 2. The molecule has 0 aliphatic heterocycles. The minimum atomic E-state index is -2.97. The van der Waals surface area contributed by atoms with Crippen LogP contribution in [0.15, 0.2) is 53.0 Å². The lowest BCUT2D eigenvalue weighted by molar-refractivity contribution is -0.211. The van der Waals surface area contributed by atoms with Gasteiger partial charge in [-0.05, 0) is 51.8 Å². The molecule has 0 bridgehead atoms. The van der Waals surface area contributed by atoms with Gasteiger partial charge in [-0.25, -0.2) is 0 Å². The molecule has 3 aliphatic rings. The van der Waals surface area contributed by atoms with Crippen molar-refractivity contribution >= 4 is 23.1 Å². The highest BCUT2D eigenvalue weighted by Gasteiger charge is 2.76. The zero-order valence-corrected chi connectivity index (χ0v) is 32.5. The predicted molar refractivity (Wildman–Crippen MR) is 198 cm³/mol. The number of carbonyl (C=O) groups is 4. The smallest absolute Gasteiger partial charge is 0.209 e. The summed E-state index contributed by atoms with van der Waals surface area (Å²) in [7, 11) is 0. The Kier molecular flexibility index (Phi) is 9.21. The van der Waals surface area contributed by atoms with E-state index in [1.165, 1.54) is 6.92 Å². The normalized spacial score (nSPS) is 29.2. The van der Waals surface area contributed by atoms with Gasteiger partial charge in [-0.2, -0.15) is 0 Å². The van der Waals surface area contributed by atoms with Crippen molar-refractivity contribution in [2.75, 3.05) is 0 Å². The Labute approximate surface area is 306 Å². The summed E-state index contributed by atoms with van der Waals surface area (Å²) in [6.07, 6.45) is -1.81. The van der Waals surface area contributed by atoms with Crippen molar-refractivity contribution in [2.24, 2.45) is 22.7 Å². The number of hydrogen-bond acceptors (Lipinski definition) is 9. The minimum Gasteiger partial charge on any atom is -0.511 e. The van der Waals surface area contributed by atoms with E-state index in [2.05, 4.69) is 47.6 Å². The van der Waals surface area contributed by atoms with Gasteiger partial charge in [0.1, 0.15) is 28.6 Å². The highest BCUT2D eigenvalue weighted by Crippen LogP contribution is 2.67. The second kappa shape index (κ2) is 12.2. The number of hydrogen-bond donors (Lipinski definition) is 5. The van der Waals surface area contributed by atoms with Crippen molar-refractivity contribution in [3.8, 4) is 5.75 Å². The molecule has 5 rings (SSSR count). The topological polar surface area (TPSA) is 169 Å². The molecule has 0 spiro atoms. The monoisotopic (exact) mass is 714 g/mol. The molecule has 0 aromatic heterocycles. The number of ketones is 4. The molecule has 9 heteroatoms. The highest BCUT2D eigenvalue weighted by atomic mass is 16.4. The van der Waals surface area contributed by atoms with E-state index in [1.807, 2.05) is 12.1 Å². The van der Waals surface area contributed by atoms with Gasteiger partial charge in [0, 0.05) is 35.2 Å². The summed E-state index contributed by atoms with van der Waals surface area (Å²) < 4.78 is 0. The first-order valence-corrected chi connectivity index (χ1v) is 18.1. The van der Waals surface area contributed by atoms with Gasteiger partial charge in [0.15, 0.2) is 17.2 Å². The van der Waals surface area contributed by atoms with Gasteiger partial charge in [-0.15, -0.1) is 0 Å². The summed E-state index contributed by atoms with van der Waals surface area (Å²) in [5, 5.41) is 59.8. The number of fused-ring (bicyclic) bond motifs is 3. The van der Waals surface area contributed by atoms with E-state index in [-0.39, 0.29) is 40.6 Å². The molecule has 0 saturated carbocycles. The van der Waals surface area contributed by atoms with E-state index in [4.69, 9.17) is 0 Å². The number of rotatable bonds is 6. The van der Waals surface area contributed by atoms with Crippen molar-refractivity contribution in [1.82, 2.24) is 0 Å². The first kappa shape index (κ1) is 39.1. The van der Waals surface area contributed by atoms with E-state index < -0.39 is 86.1 Å². The molecule has 2 aromatic carbocycles. The number of phenolic OH excluding ortho intramolecular Hbond substituents is 1. The van der Waals surface area contributed by atoms with Crippen LogP contribution in [0.5, 0.6) is 5.75 Å². The first-order valence-electron chi connectivity index (χ1n) is 18.1. The highest BCUT2D eigenvalue weighted by molar-refractivity contribution is 6.25. The van der Waals surface area contributed by atoms with E-state index in [0.717, 1.165) is 23.6 Å². The van der Waals surface area contributed by atoms with Crippen LogP contribution < -0.4 is 0 Å². The Morgan fingerprint density at radius 1 is 0.885 bits per heavy atom. The maximum Gasteiger partial charge on any atom is 0.209 e. The molecule has 1 unspecified atom stereocenters. The third kappa shape index (κ3) is 5.32. The molecule has 0 fully saturated rings. The summed E-state index contributed by atoms with van der Waals surface area (Å²) >= 11 is 0. The summed E-state index contributed by atoms with van der Waals surface area (Å²) in [6.45, 7) is 21.8. The summed E-state index contributed by atoms with van der Waals surface area (Å²) in [5.74, 6) is -7.82. The predicted octanol–water partition coefficient (Wildman–Crippen LogP) is 6.83. The van der Waals surface area contributed by atoms with Gasteiger partial charge in [0.2, 0.25) is 5.78 Å². The SMILES string of the molecule is CC(=O)C1=C(O)C(C(C)C)[C@@]2(C)[C@H](O)[C@]3(C)C(=C(O)[C@@]2(O)C1=O)C(=O)c1c(ccc(CC(=O)Cc2cc(C(C)(C)C)cc(C(C)(C)C)c2)c1O)[C@H]3C. The molecule has 0 radical (unpaired) electrons. The first-order chi connectivity index (χ1) is 23.7. The summed E-state index contributed by atoms with van der Waals surface area (Å²) in [6, 6.07) is 9.43. The number of carbonyl (C=O) groups excluding carboxylic acids is 4. The second-order valence-electron chi connectivity index (χ2n) is 18.2. The average molecular weight is 715 g/mol. The maximum atomic E-state index is 14.6. The standard InChI is InChI=1S/C43H54O9/c1-20(2)31-34(47)29(22(4)44)36(49)43(52)37(50)32-35(48)30-28(21(3)41(32,11)38(51)42(31,43)12)14-13-24(33(30)46)18-27(45)17-23-15-25(39(5,6)7)19-26(16-23)40(8,9)10/h13-16,19-21,31,38,46-47,50-52H,17-18H2,1-12H3/t21-,31?,38-,41+,42+,43+/m1/s1. The Morgan fingerprint density at radius 3 is 1.90 bits per heavy atom. The van der Waals surface area contributed by atoms with Crippen molar-refractivity contribution in [1.29, 1.82) is 0 Å². The number of Topliss-reactive ketones (excluding diaryl/α,β-unsaturated/α-hetero) is 4. The lowest BCUT2D eigenvalue weighted by atomic mass is 9.41. The zero-order valence-electron chi connectivity index (χ0n) is 32.5. The van der Waals surface area contributed by atoms with Crippen LogP contribution in [0.25, 0.3) is 0 Å². The molecule has 0 amide bonds. The molecular formula is C43H54O9. The van der Waals surface area contributed by atoms with E-state index in [9.17, 15) is 44.7 Å². The van der Waals surface area contributed by atoms with Crippen molar-refractivity contribution in [2.45, 2.75) is 124 Å². The molecule has 6 atom stereocenters. The van der Waals surface area contributed by atoms with Gasteiger partial charge < -0.3 is 25.5 Å². The quantitative estimate of drug-likeness (QED) is 0.201. The Morgan fingerprint density at radius 2 is 1.42 bits per heavy atom. The van der Waals surface area contributed by atoms with Crippen LogP contribution in [-0.2, 0) is 38.1 Å².